The first-order valence-corrected chi connectivity index (χ1v) is 9.74. The highest BCUT2D eigenvalue weighted by molar-refractivity contribution is 7.87. The Hall–Kier alpha value is -0.710. The summed E-state index contributed by atoms with van der Waals surface area (Å²) >= 11 is 0. The van der Waals surface area contributed by atoms with Crippen molar-refractivity contribution in [3.8, 4) is 0 Å². The Bertz CT molecular complexity index is 666. The summed E-state index contributed by atoms with van der Waals surface area (Å²) in [6, 6.07) is 0. The minimum Gasteiger partial charge on any atom is -0.459 e. The number of carbonyl (C=O) groups excluding carboxylic acids is 1. The van der Waals surface area contributed by atoms with Gasteiger partial charge in [-0.1, -0.05) is 6.92 Å². The topological polar surface area (TPSA) is 124 Å². The number of fused-ring (bicyclic) bond motifs is 1. The van der Waals surface area contributed by atoms with Crippen molar-refractivity contribution in [3.63, 3.8) is 0 Å². The van der Waals surface area contributed by atoms with Crippen molar-refractivity contribution in [3.05, 3.63) is 0 Å². The van der Waals surface area contributed by atoms with E-state index in [0.29, 0.717) is 12.8 Å². The van der Waals surface area contributed by atoms with E-state index in [4.69, 9.17) is 13.5 Å². The number of hydrogen-bond donors (Lipinski definition) is 1. The average molecular weight is 340 g/mol. The molecule has 0 spiro atoms. The third-order valence-electron chi connectivity index (χ3n) is 4.53. The molecule has 6 atom stereocenters. The molecule has 2 aliphatic carbocycles. The Morgan fingerprint density at radius 2 is 2.10 bits per heavy atom. The molecule has 0 radical (unpaired) electrons. The van der Waals surface area contributed by atoms with Crippen LogP contribution in [-0.2, 0) is 34.0 Å². The molecule has 0 aromatic rings. The molecule has 3 aliphatic rings. The predicted molar refractivity (Wildman–Crippen MR) is 69.3 cm³/mol. The van der Waals surface area contributed by atoms with E-state index in [0.717, 1.165) is 0 Å². The maximum Gasteiger partial charge on any atom is 0.310 e. The van der Waals surface area contributed by atoms with E-state index in [1.54, 1.807) is 0 Å². The van der Waals surface area contributed by atoms with Crippen molar-refractivity contribution in [2.75, 3.05) is 5.75 Å². The smallest absolute Gasteiger partial charge is 0.310 e. The van der Waals surface area contributed by atoms with Crippen molar-refractivity contribution < 1.29 is 35.1 Å². The van der Waals surface area contributed by atoms with E-state index in [2.05, 4.69) is 0 Å². The van der Waals surface area contributed by atoms with E-state index in [1.807, 2.05) is 0 Å². The predicted octanol–water partition coefficient (Wildman–Crippen LogP) is -0.441. The lowest BCUT2D eigenvalue weighted by molar-refractivity contribution is -0.159. The van der Waals surface area contributed by atoms with Crippen molar-refractivity contribution in [2.24, 2.45) is 17.8 Å². The second kappa shape index (κ2) is 4.64. The molecule has 0 amide bonds. The summed E-state index contributed by atoms with van der Waals surface area (Å²) in [5.41, 5.74) is 0. The molecule has 2 saturated carbocycles. The van der Waals surface area contributed by atoms with Gasteiger partial charge in [0.25, 0.3) is 20.2 Å². The van der Waals surface area contributed by atoms with Gasteiger partial charge in [0.15, 0.2) is 0 Å². The summed E-state index contributed by atoms with van der Waals surface area (Å²) in [5.74, 6) is -2.72. The molecule has 120 valence electrons. The Morgan fingerprint density at radius 3 is 2.71 bits per heavy atom. The molecule has 1 saturated heterocycles. The second-order valence-electron chi connectivity index (χ2n) is 6.04. The van der Waals surface area contributed by atoms with E-state index in [9.17, 15) is 21.6 Å². The maximum absolute atomic E-state index is 11.9. The molecule has 3 rings (SSSR count). The van der Waals surface area contributed by atoms with Crippen molar-refractivity contribution >= 4 is 26.2 Å². The fourth-order valence-corrected chi connectivity index (χ4v) is 6.33. The zero-order valence-electron chi connectivity index (χ0n) is 11.2. The van der Waals surface area contributed by atoms with Gasteiger partial charge in [0.05, 0.1) is 16.9 Å². The molecule has 21 heavy (non-hydrogen) atoms. The van der Waals surface area contributed by atoms with E-state index >= 15 is 0 Å². The first-order chi connectivity index (χ1) is 9.58. The van der Waals surface area contributed by atoms with Gasteiger partial charge in [0, 0.05) is 11.8 Å². The minimum atomic E-state index is -4.27. The van der Waals surface area contributed by atoms with Gasteiger partial charge in [0.1, 0.15) is 12.2 Å². The van der Waals surface area contributed by atoms with Gasteiger partial charge in [-0.05, 0) is 12.8 Å². The first-order valence-electron chi connectivity index (χ1n) is 6.66. The number of esters is 1. The number of carbonyl (C=O) groups is 1. The SMILES string of the molecule is CC(CS(=O)(=O)O)C(=O)OC1C2CC3C1OS(=O)(=O)C3C2. The zero-order chi connectivity index (χ0) is 15.6. The summed E-state index contributed by atoms with van der Waals surface area (Å²) in [5, 5.41) is -0.502. The summed E-state index contributed by atoms with van der Waals surface area (Å²) in [4.78, 5) is 11.9. The van der Waals surface area contributed by atoms with Crippen LogP contribution in [0.15, 0.2) is 0 Å². The maximum atomic E-state index is 11.9. The second-order valence-corrected chi connectivity index (χ2v) is 9.32. The molecule has 2 bridgehead atoms. The number of ether oxygens (including phenoxy) is 1. The summed E-state index contributed by atoms with van der Waals surface area (Å²) < 4.78 is 64.1. The summed E-state index contributed by atoms with van der Waals surface area (Å²) in [6.45, 7) is 1.33. The van der Waals surface area contributed by atoms with Crippen LogP contribution >= 0.6 is 0 Å². The lowest BCUT2D eigenvalue weighted by Gasteiger charge is -2.26. The quantitative estimate of drug-likeness (QED) is 0.415. The van der Waals surface area contributed by atoms with Crippen LogP contribution in [0.1, 0.15) is 19.8 Å². The Balaban J connectivity index is 1.69. The van der Waals surface area contributed by atoms with Gasteiger partial charge in [-0.2, -0.15) is 16.8 Å². The van der Waals surface area contributed by atoms with Gasteiger partial charge in [-0.15, -0.1) is 0 Å². The van der Waals surface area contributed by atoms with Crippen LogP contribution in [0.25, 0.3) is 0 Å². The molecule has 0 aromatic heterocycles. The zero-order valence-corrected chi connectivity index (χ0v) is 12.8. The first kappa shape index (κ1) is 15.2. The highest BCUT2D eigenvalue weighted by Crippen LogP contribution is 2.55. The van der Waals surface area contributed by atoms with Gasteiger partial charge in [0.2, 0.25) is 0 Å². The standard InChI is InChI=1S/C11H16O8S2/c1-5(4-20(13,14)15)11(12)18-9-6-2-7-8(3-6)21(16,17)19-10(7)9/h5-10H,2-4H2,1H3,(H,13,14,15). The molecule has 1 heterocycles. The minimum absolute atomic E-state index is 0.0656. The van der Waals surface area contributed by atoms with Crippen LogP contribution in [-0.4, -0.2) is 50.6 Å². The molecule has 1 N–H and O–H groups in total. The van der Waals surface area contributed by atoms with Gasteiger partial charge < -0.3 is 4.74 Å². The van der Waals surface area contributed by atoms with Gasteiger partial charge in [-0.25, -0.2) is 0 Å². The third kappa shape index (κ3) is 2.58. The average Bonchev–Trinajstić information content (AvgIpc) is 2.90. The fraction of sp³-hybridized carbons (Fsp3) is 0.909. The molecule has 8 nitrogen and oxygen atoms in total. The van der Waals surface area contributed by atoms with Crippen molar-refractivity contribution in [2.45, 2.75) is 37.2 Å². The third-order valence-corrected chi connectivity index (χ3v) is 7.22. The van der Waals surface area contributed by atoms with Crippen molar-refractivity contribution in [1.29, 1.82) is 0 Å². The molecule has 6 unspecified atom stereocenters. The Morgan fingerprint density at radius 1 is 1.43 bits per heavy atom. The molecular formula is C11H16O8S2. The molecule has 0 aromatic carbocycles. The lowest BCUT2D eigenvalue weighted by Crippen LogP contribution is -2.39. The van der Waals surface area contributed by atoms with Gasteiger partial charge in [-0.3, -0.25) is 13.5 Å². The largest absolute Gasteiger partial charge is 0.459 e. The monoisotopic (exact) mass is 340 g/mol. The highest BCUT2D eigenvalue weighted by atomic mass is 32.2. The van der Waals surface area contributed by atoms with Crippen LogP contribution < -0.4 is 0 Å². The molecule has 3 fully saturated rings. The van der Waals surface area contributed by atoms with E-state index in [-0.39, 0.29) is 11.8 Å². The normalized spacial score (nSPS) is 41.1. The van der Waals surface area contributed by atoms with Crippen LogP contribution in [0.2, 0.25) is 0 Å². The van der Waals surface area contributed by atoms with Gasteiger partial charge >= 0.3 is 5.97 Å². The summed E-state index contributed by atoms with van der Waals surface area (Å²) in [6.07, 6.45) is -0.256. The molecule has 1 aliphatic heterocycles. The Labute approximate surface area is 122 Å². The van der Waals surface area contributed by atoms with E-state index < -0.39 is 55.3 Å². The van der Waals surface area contributed by atoms with Crippen LogP contribution in [0.5, 0.6) is 0 Å². The number of rotatable bonds is 4. The van der Waals surface area contributed by atoms with Crippen LogP contribution in [0, 0.1) is 17.8 Å². The van der Waals surface area contributed by atoms with Crippen LogP contribution in [0.3, 0.4) is 0 Å². The highest BCUT2D eigenvalue weighted by Gasteiger charge is 2.65. The lowest BCUT2D eigenvalue weighted by atomic mass is 9.94. The molecular weight excluding hydrogens is 324 g/mol. The fourth-order valence-electron chi connectivity index (χ4n) is 3.68. The van der Waals surface area contributed by atoms with E-state index in [1.165, 1.54) is 6.92 Å². The summed E-state index contributed by atoms with van der Waals surface area (Å²) in [7, 11) is -7.85. The Kier molecular flexibility index (Phi) is 3.36. The van der Waals surface area contributed by atoms with Crippen molar-refractivity contribution in [1.82, 2.24) is 0 Å². The molecule has 10 heteroatoms. The van der Waals surface area contributed by atoms with Crippen LogP contribution in [0.4, 0.5) is 0 Å². The number of hydrogen-bond acceptors (Lipinski definition) is 7.